The predicted molar refractivity (Wildman–Crippen MR) is 48.7 cm³/mol. The summed E-state index contributed by atoms with van der Waals surface area (Å²) in [6, 6.07) is 0. The smallest absolute Gasteiger partial charge is 0.105 e. The fraction of sp³-hybridized carbons (Fsp3) is 1.00. The van der Waals surface area contributed by atoms with Crippen LogP contribution in [0.2, 0.25) is 5.82 Å². The van der Waals surface area contributed by atoms with E-state index in [0.717, 1.165) is 12.4 Å². The topological polar surface area (TPSA) is 9.23 Å². The number of rotatable bonds is 0. The highest BCUT2D eigenvalue weighted by Gasteiger charge is 2.38. The molecule has 2 fully saturated rings. The van der Waals surface area contributed by atoms with Gasteiger partial charge in [-0.05, 0) is 25.7 Å². The molecule has 1 saturated heterocycles. The van der Waals surface area contributed by atoms with Gasteiger partial charge in [0.1, 0.15) is 7.85 Å². The molecule has 2 rings (SSSR count). The lowest BCUT2D eigenvalue weighted by Crippen LogP contribution is -2.35. The summed E-state index contributed by atoms with van der Waals surface area (Å²) in [5, 5.41) is 0. The first kappa shape index (κ1) is 7.66. The zero-order valence-electron chi connectivity index (χ0n) is 7.44. The van der Waals surface area contributed by atoms with Gasteiger partial charge in [-0.25, -0.2) is 0 Å². The Morgan fingerprint density at radius 1 is 1.27 bits per heavy atom. The van der Waals surface area contributed by atoms with Gasteiger partial charge >= 0.3 is 0 Å². The Kier molecular flexibility index (Phi) is 1.96. The fourth-order valence-corrected chi connectivity index (χ4v) is 2.64. The van der Waals surface area contributed by atoms with Crippen molar-refractivity contribution in [2.45, 2.75) is 49.9 Å². The van der Waals surface area contributed by atoms with Gasteiger partial charge in [-0.1, -0.05) is 18.7 Å². The molecule has 0 bridgehead atoms. The number of hydrogen-bond acceptors (Lipinski definition) is 1. The predicted octanol–water partition coefficient (Wildman–Crippen LogP) is 1.53. The molecule has 0 aromatic rings. The van der Waals surface area contributed by atoms with E-state index in [0.29, 0.717) is 5.60 Å². The molecular weight excluding hydrogens is 135 g/mol. The highest BCUT2D eigenvalue weighted by molar-refractivity contribution is 6.11. The minimum absolute atomic E-state index is 0.345. The van der Waals surface area contributed by atoms with Gasteiger partial charge in [-0.2, -0.15) is 0 Å². The van der Waals surface area contributed by atoms with Crippen molar-refractivity contribution in [1.29, 1.82) is 0 Å². The third kappa shape index (κ3) is 1.46. The summed E-state index contributed by atoms with van der Waals surface area (Å²) in [6.07, 6.45) is 8.06. The van der Waals surface area contributed by atoms with Crippen LogP contribution < -0.4 is 0 Å². The van der Waals surface area contributed by atoms with Crippen LogP contribution in [0.1, 0.15) is 38.5 Å². The van der Waals surface area contributed by atoms with E-state index in [2.05, 4.69) is 7.85 Å². The Morgan fingerprint density at radius 2 is 2.00 bits per heavy atom. The highest BCUT2D eigenvalue weighted by Crippen LogP contribution is 2.42. The first-order valence-electron chi connectivity index (χ1n) is 4.95. The molecule has 11 heavy (non-hydrogen) atoms. The standard InChI is InChI=1S/C9H17BO/c10-8-3-6-11-9(7-8)4-1-2-5-9/h8H,1-7,10H2/t8-/m1/s1. The maximum atomic E-state index is 5.90. The summed E-state index contributed by atoms with van der Waals surface area (Å²) in [7, 11) is 2.36. The van der Waals surface area contributed by atoms with Crippen LogP contribution in [0.25, 0.3) is 0 Å². The van der Waals surface area contributed by atoms with Gasteiger partial charge in [0.15, 0.2) is 0 Å². The van der Waals surface area contributed by atoms with Crippen LogP contribution in [0, 0.1) is 0 Å². The zero-order chi connectivity index (χ0) is 7.73. The Morgan fingerprint density at radius 3 is 2.64 bits per heavy atom. The molecule has 1 heterocycles. The third-order valence-corrected chi connectivity index (χ3v) is 3.25. The molecule has 1 nitrogen and oxygen atoms in total. The molecule has 2 aliphatic rings. The molecule has 1 aliphatic carbocycles. The van der Waals surface area contributed by atoms with Gasteiger partial charge in [0, 0.05) is 6.61 Å². The average molecular weight is 152 g/mol. The van der Waals surface area contributed by atoms with Crippen molar-refractivity contribution in [1.82, 2.24) is 0 Å². The molecule has 2 heteroatoms. The van der Waals surface area contributed by atoms with Gasteiger partial charge in [-0.15, -0.1) is 0 Å². The Bertz CT molecular complexity index is 140. The van der Waals surface area contributed by atoms with Gasteiger partial charge in [-0.3, -0.25) is 0 Å². The highest BCUT2D eigenvalue weighted by atomic mass is 16.5. The molecule has 0 radical (unpaired) electrons. The number of hydrogen-bond donors (Lipinski definition) is 0. The van der Waals surface area contributed by atoms with Crippen molar-refractivity contribution in [3.05, 3.63) is 0 Å². The molecular formula is C9H17BO. The molecule has 0 unspecified atom stereocenters. The van der Waals surface area contributed by atoms with Gasteiger partial charge in [0.25, 0.3) is 0 Å². The van der Waals surface area contributed by atoms with Crippen molar-refractivity contribution in [2.75, 3.05) is 6.61 Å². The lowest BCUT2D eigenvalue weighted by Gasteiger charge is -2.37. The molecule has 1 aliphatic heterocycles. The quantitative estimate of drug-likeness (QED) is 0.478. The van der Waals surface area contributed by atoms with E-state index in [-0.39, 0.29) is 0 Å². The first-order valence-corrected chi connectivity index (χ1v) is 4.95. The monoisotopic (exact) mass is 152 g/mol. The fourth-order valence-electron chi connectivity index (χ4n) is 2.64. The summed E-state index contributed by atoms with van der Waals surface area (Å²) in [5.41, 5.74) is 0.345. The molecule has 0 N–H and O–H groups in total. The third-order valence-electron chi connectivity index (χ3n) is 3.25. The maximum Gasteiger partial charge on any atom is 0.105 e. The van der Waals surface area contributed by atoms with Crippen LogP contribution in [-0.2, 0) is 4.74 Å². The SMILES string of the molecule is B[C@@H]1CCOC2(CCCC2)C1. The second-order valence-electron chi connectivity index (χ2n) is 4.34. The Hall–Kier alpha value is 0.0249. The molecule has 1 saturated carbocycles. The van der Waals surface area contributed by atoms with E-state index in [1.807, 2.05) is 0 Å². The van der Waals surface area contributed by atoms with Crippen molar-refractivity contribution in [3.63, 3.8) is 0 Å². The lowest BCUT2D eigenvalue weighted by molar-refractivity contribution is -0.0723. The van der Waals surface area contributed by atoms with E-state index in [1.165, 1.54) is 38.5 Å². The van der Waals surface area contributed by atoms with E-state index in [9.17, 15) is 0 Å². The van der Waals surface area contributed by atoms with Crippen molar-refractivity contribution in [2.24, 2.45) is 0 Å². The van der Waals surface area contributed by atoms with Crippen LogP contribution in [0.5, 0.6) is 0 Å². The van der Waals surface area contributed by atoms with Crippen LogP contribution in [0.3, 0.4) is 0 Å². The molecule has 1 spiro atoms. The second-order valence-corrected chi connectivity index (χ2v) is 4.34. The van der Waals surface area contributed by atoms with Crippen LogP contribution in [0.15, 0.2) is 0 Å². The first-order chi connectivity index (χ1) is 5.31. The van der Waals surface area contributed by atoms with Gasteiger partial charge in [0.2, 0.25) is 0 Å². The van der Waals surface area contributed by atoms with Crippen molar-refractivity contribution in [3.8, 4) is 0 Å². The molecule has 0 aromatic heterocycles. The molecule has 0 aromatic carbocycles. The van der Waals surface area contributed by atoms with E-state index in [1.54, 1.807) is 0 Å². The molecule has 62 valence electrons. The summed E-state index contributed by atoms with van der Waals surface area (Å²) >= 11 is 0. The van der Waals surface area contributed by atoms with E-state index < -0.39 is 0 Å². The normalized spacial score (nSPS) is 36.2. The summed E-state index contributed by atoms with van der Waals surface area (Å²) in [6.45, 7) is 1.02. The lowest BCUT2D eigenvalue weighted by atomic mass is 9.74. The largest absolute Gasteiger partial charge is 0.375 e. The van der Waals surface area contributed by atoms with Gasteiger partial charge < -0.3 is 4.74 Å². The zero-order valence-corrected chi connectivity index (χ0v) is 7.44. The molecule has 0 amide bonds. The Balaban J connectivity index is 2.00. The van der Waals surface area contributed by atoms with Gasteiger partial charge in [0.05, 0.1) is 5.60 Å². The summed E-state index contributed by atoms with van der Waals surface area (Å²) in [4.78, 5) is 0. The van der Waals surface area contributed by atoms with Crippen LogP contribution >= 0.6 is 0 Å². The second kappa shape index (κ2) is 2.82. The van der Waals surface area contributed by atoms with E-state index >= 15 is 0 Å². The molecule has 1 atom stereocenters. The minimum Gasteiger partial charge on any atom is -0.375 e. The summed E-state index contributed by atoms with van der Waals surface area (Å²) in [5.74, 6) is 0.904. The van der Waals surface area contributed by atoms with E-state index in [4.69, 9.17) is 4.74 Å². The van der Waals surface area contributed by atoms with Crippen molar-refractivity contribution >= 4 is 7.85 Å². The number of ether oxygens (including phenoxy) is 1. The average Bonchev–Trinajstić information content (AvgIpc) is 2.37. The van der Waals surface area contributed by atoms with Crippen molar-refractivity contribution < 1.29 is 4.74 Å². The maximum absolute atomic E-state index is 5.90. The summed E-state index contributed by atoms with van der Waals surface area (Å²) < 4.78 is 5.90. The van der Waals surface area contributed by atoms with Crippen LogP contribution in [0.4, 0.5) is 0 Å². The Labute approximate surface area is 69.9 Å². The minimum atomic E-state index is 0.345. The van der Waals surface area contributed by atoms with Crippen LogP contribution in [-0.4, -0.2) is 20.1 Å².